The molecular formula is C17H31N3O. The third kappa shape index (κ3) is 4.60. The van der Waals surface area contributed by atoms with Gasteiger partial charge in [-0.1, -0.05) is 6.92 Å². The highest BCUT2D eigenvalue weighted by Crippen LogP contribution is 2.27. The van der Waals surface area contributed by atoms with Crippen molar-refractivity contribution in [2.75, 3.05) is 39.3 Å². The molecular weight excluding hydrogens is 262 g/mol. The van der Waals surface area contributed by atoms with Crippen molar-refractivity contribution in [1.29, 1.82) is 0 Å². The van der Waals surface area contributed by atoms with Gasteiger partial charge in [-0.15, -0.1) is 0 Å². The summed E-state index contributed by atoms with van der Waals surface area (Å²) in [6, 6.07) is 0.180. The van der Waals surface area contributed by atoms with E-state index < -0.39 is 0 Å². The fourth-order valence-corrected chi connectivity index (χ4v) is 3.67. The molecule has 0 aromatic carbocycles. The zero-order valence-electron chi connectivity index (χ0n) is 13.5. The maximum Gasteiger partial charge on any atom is 0.317 e. The third-order valence-corrected chi connectivity index (χ3v) is 5.44. The monoisotopic (exact) mass is 293 g/mol. The molecule has 1 atom stereocenters. The van der Waals surface area contributed by atoms with Gasteiger partial charge < -0.3 is 15.1 Å². The molecule has 1 N–H and O–H groups in total. The lowest BCUT2D eigenvalue weighted by molar-refractivity contribution is 0.120. The van der Waals surface area contributed by atoms with Crippen molar-refractivity contribution in [1.82, 2.24) is 15.1 Å². The second-order valence-electron chi connectivity index (χ2n) is 7.57. The summed E-state index contributed by atoms with van der Waals surface area (Å²) in [5.41, 5.74) is 0. The molecule has 120 valence electrons. The van der Waals surface area contributed by atoms with E-state index in [9.17, 15) is 4.79 Å². The SMILES string of the molecule is CC1CCN(C[C@H]2CCCN(C(=O)NCC3CC3)C2)CC1. The van der Waals surface area contributed by atoms with Crippen molar-refractivity contribution in [2.45, 2.75) is 45.4 Å². The van der Waals surface area contributed by atoms with E-state index >= 15 is 0 Å². The molecule has 2 saturated heterocycles. The molecule has 2 amide bonds. The molecule has 4 heteroatoms. The van der Waals surface area contributed by atoms with Crippen molar-refractivity contribution >= 4 is 6.03 Å². The molecule has 3 fully saturated rings. The highest BCUT2D eigenvalue weighted by Gasteiger charge is 2.28. The van der Waals surface area contributed by atoms with E-state index in [1.54, 1.807) is 0 Å². The van der Waals surface area contributed by atoms with Gasteiger partial charge >= 0.3 is 6.03 Å². The Morgan fingerprint density at radius 1 is 1.05 bits per heavy atom. The van der Waals surface area contributed by atoms with Crippen LogP contribution in [0.3, 0.4) is 0 Å². The molecule has 0 aromatic heterocycles. The van der Waals surface area contributed by atoms with Crippen LogP contribution in [0.15, 0.2) is 0 Å². The van der Waals surface area contributed by atoms with Gasteiger partial charge in [0, 0.05) is 26.2 Å². The van der Waals surface area contributed by atoms with E-state index in [0.717, 1.165) is 31.5 Å². The van der Waals surface area contributed by atoms with Crippen LogP contribution in [0.4, 0.5) is 4.79 Å². The van der Waals surface area contributed by atoms with Crippen LogP contribution in [-0.4, -0.2) is 55.1 Å². The van der Waals surface area contributed by atoms with Gasteiger partial charge in [-0.2, -0.15) is 0 Å². The Morgan fingerprint density at radius 2 is 1.81 bits per heavy atom. The number of urea groups is 1. The zero-order chi connectivity index (χ0) is 14.7. The van der Waals surface area contributed by atoms with E-state index in [-0.39, 0.29) is 6.03 Å². The molecule has 2 aliphatic heterocycles. The summed E-state index contributed by atoms with van der Waals surface area (Å²) in [7, 11) is 0. The van der Waals surface area contributed by atoms with Crippen LogP contribution in [0.25, 0.3) is 0 Å². The first-order valence-corrected chi connectivity index (χ1v) is 8.96. The van der Waals surface area contributed by atoms with Gasteiger partial charge in [0.05, 0.1) is 0 Å². The highest BCUT2D eigenvalue weighted by molar-refractivity contribution is 5.74. The van der Waals surface area contributed by atoms with Gasteiger partial charge in [0.15, 0.2) is 0 Å². The molecule has 1 aliphatic carbocycles. The number of amides is 2. The van der Waals surface area contributed by atoms with Crippen molar-refractivity contribution in [3.8, 4) is 0 Å². The van der Waals surface area contributed by atoms with Gasteiger partial charge in [-0.05, 0) is 69.4 Å². The van der Waals surface area contributed by atoms with Gasteiger partial charge in [0.1, 0.15) is 0 Å². The number of hydrogen-bond donors (Lipinski definition) is 1. The molecule has 0 bridgehead atoms. The first-order chi connectivity index (χ1) is 10.2. The Balaban J connectivity index is 1.40. The Morgan fingerprint density at radius 3 is 2.52 bits per heavy atom. The molecule has 0 unspecified atom stereocenters. The minimum atomic E-state index is 0.180. The lowest BCUT2D eigenvalue weighted by Gasteiger charge is -2.37. The summed E-state index contributed by atoms with van der Waals surface area (Å²) in [6.07, 6.45) is 7.76. The van der Waals surface area contributed by atoms with Crippen LogP contribution >= 0.6 is 0 Å². The van der Waals surface area contributed by atoms with Gasteiger partial charge in [-0.3, -0.25) is 0 Å². The second kappa shape index (κ2) is 6.99. The van der Waals surface area contributed by atoms with Crippen LogP contribution < -0.4 is 5.32 Å². The van der Waals surface area contributed by atoms with Crippen molar-refractivity contribution in [3.05, 3.63) is 0 Å². The van der Waals surface area contributed by atoms with Gasteiger partial charge in [0.25, 0.3) is 0 Å². The largest absolute Gasteiger partial charge is 0.338 e. The number of nitrogens with one attached hydrogen (secondary N) is 1. The molecule has 21 heavy (non-hydrogen) atoms. The Labute approximate surface area is 129 Å². The zero-order valence-corrected chi connectivity index (χ0v) is 13.5. The quantitative estimate of drug-likeness (QED) is 0.864. The van der Waals surface area contributed by atoms with Crippen LogP contribution in [0.2, 0.25) is 0 Å². The molecule has 0 radical (unpaired) electrons. The van der Waals surface area contributed by atoms with Gasteiger partial charge in [0.2, 0.25) is 0 Å². The summed E-state index contributed by atoms with van der Waals surface area (Å²) < 4.78 is 0. The minimum absolute atomic E-state index is 0.180. The number of carbonyl (C=O) groups is 1. The number of rotatable bonds is 4. The molecule has 1 saturated carbocycles. The van der Waals surface area contributed by atoms with Crippen molar-refractivity contribution in [3.63, 3.8) is 0 Å². The van der Waals surface area contributed by atoms with Crippen molar-refractivity contribution in [2.24, 2.45) is 17.8 Å². The summed E-state index contributed by atoms with van der Waals surface area (Å²) in [6.45, 7) is 8.87. The Bertz CT molecular complexity index is 348. The summed E-state index contributed by atoms with van der Waals surface area (Å²) in [5.74, 6) is 2.35. The van der Waals surface area contributed by atoms with Crippen molar-refractivity contribution < 1.29 is 4.79 Å². The topological polar surface area (TPSA) is 35.6 Å². The number of hydrogen-bond acceptors (Lipinski definition) is 2. The molecule has 4 nitrogen and oxygen atoms in total. The first-order valence-electron chi connectivity index (χ1n) is 8.96. The predicted molar refractivity (Wildman–Crippen MR) is 85.3 cm³/mol. The lowest BCUT2D eigenvalue weighted by Crippen LogP contribution is -2.48. The summed E-state index contributed by atoms with van der Waals surface area (Å²) in [4.78, 5) is 16.9. The van der Waals surface area contributed by atoms with E-state index in [0.29, 0.717) is 5.92 Å². The number of likely N-dealkylation sites (tertiary alicyclic amines) is 2. The molecule has 0 spiro atoms. The Kier molecular flexibility index (Phi) is 5.04. The van der Waals surface area contributed by atoms with Crippen LogP contribution in [0.5, 0.6) is 0 Å². The highest BCUT2D eigenvalue weighted by atomic mass is 16.2. The average Bonchev–Trinajstić information content (AvgIpc) is 3.32. The number of piperidine rings is 2. The lowest BCUT2D eigenvalue weighted by atomic mass is 9.94. The summed E-state index contributed by atoms with van der Waals surface area (Å²) in [5, 5.41) is 3.12. The fraction of sp³-hybridized carbons (Fsp3) is 0.941. The normalized spacial score (nSPS) is 28.6. The third-order valence-electron chi connectivity index (χ3n) is 5.44. The standard InChI is InChI=1S/C17H31N3O/c1-14-6-9-19(10-7-14)12-16-3-2-8-20(13-16)17(21)18-11-15-4-5-15/h14-16H,2-13H2,1H3,(H,18,21)/t16-/m1/s1. The number of nitrogens with zero attached hydrogens (tertiary/aromatic N) is 2. The maximum absolute atomic E-state index is 12.2. The minimum Gasteiger partial charge on any atom is -0.338 e. The maximum atomic E-state index is 12.2. The fourth-order valence-electron chi connectivity index (χ4n) is 3.67. The van der Waals surface area contributed by atoms with E-state index in [4.69, 9.17) is 0 Å². The molecule has 3 aliphatic rings. The first kappa shape index (κ1) is 15.1. The van der Waals surface area contributed by atoms with E-state index in [1.807, 2.05) is 0 Å². The Hall–Kier alpha value is -0.770. The predicted octanol–water partition coefficient (Wildman–Crippen LogP) is 2.55. The van der Waals surface area contributed by atoms with E-state index in [2.05, 4.69) is 22.0 Å². The second-order valence-corrected chi connectivity index (χ2v) is 7.57. The smallest absolute Gasteiger partial charge is 0.317 e. The van der Waals surface area contributed by atoms with Crippen LogP contribution in [0.1, 0.15) is 45.4 Å². The molecule has 0 aromatic rings. The molecule has 3 rings (SSSR count). The van der Waals surface area contributed by atoms with E-state index in [1.165, 1.54) is 58.2 Å². The number of carbonyl (C=O) groups excluding carboxylic acids is 1. The van der Waals surface area contributed by atoms with Crippen LogP contribution in [0, 0.1) is 17.8 Å². The van der Waals surface area contributed by atoms with Gasteiger partial charge in [-0.25, -0.2) is 4.79 Å². The summed E-state index contributed by atoms with van der Waals surface area (Å²) >= 11 is 0. The molecule has 2 heterocycles. The van der Waals surface area contributed by atoms with Crippen LogP contribution in [-0.2, 0) is 0 Å². The average molecular weight is 293 g/mol.